The van der Waals surface area contributed by atoms with Crippen molar-refractivity contribution in [1.82, 2.24) is 10.3 Å². The van der Waals surface area contributed by atoms with Crippen molar-refractivity contribution in [3.63, 3.8) is 0 Å². The Labute approximate surface area is 201 Å². The van der Waals surface area contributed by atoms with Gasteiger partial charge in [-0.25, -0.2) is 9.37 Å². The molecule has 186 valence electrons. The predicted molar refractivity (Wildman–Crippen MR) is 129 cm³/mol. The lowest BCUT2D eigenvalue weighted by atomic mass is 9.86. The number of fused-ring (bicyclic) bond motifs is 1. The maximum atomic E-state index is 13.6. The van der Waals surface area contributed by atoms with Crippen LogP contribution in [0.25, 0.3) is 10.9 Å². The van der Waals surface area contributed by atoms with Gasteiger partial charge in [-0.1, -0.05) is 18.2 Å². The van der Waals surface area contributed by atoms with Crippen LogP contribution in [0.15, 0.2) is 48.5 Å². The van der Waals surface area contributed by atoms with Crippen LogP contribution < -0.4 is 15.5 Å². The zero-order chi connectivity index (χ0) is 25.2. The van der Waals surface area contributed by atoms with Crippen LogP contribution in [0.3, 0.4) is 0 Å². The Hall–Kier alpha value is -3.36. The van der Waals surface area contributed by atoms with Crippen LogP contribution in [0.4, 0.5) is 29.1 Å². The second-order valence-corrected chi connectivity index (χ2v) is 9.24. The lowest BCUT2D eigenvalue weighted by Gasteiger charge is -2.30. The Balaban J connectivity index is 1.32. The molecule has 5 nitrogen and oxygen atoms in total. The Morgan fingerprint density at radius 1 is 1.06 bits per heavy atom. The van der Waals surface area contributed by atoms with E-state index in [9.17, 15) is 22.4 Å². The number of nitrogens with zero attached hydrogens (tertiary/aromatic N) is 2. The summed E-state index contributed by atoms with van der Waals surface area (Å²) in [4.78, 5) is 19.2. The van der Waals surface area contributed by atoms with E-state index in [0.29, 0.717) is 18.7 Å². The average molecular weight is 489 g/mol. The summed E-state index contributed by atoms with van der Waals surface area (Å²) in [5, 5.41) is 7.29. The normalized spacial score (nSPS) is 18.3. The minimum Gasteiger partial charge on any atom is -0.377 e. The maximum absolute atomic E-state index is 13.6. The van der Waals surface area contributed by atoms with Crippen molar-refractivity contribution in [3.8, 4) is 0 Å². The molecule has 0 spiro atoms. The number of hydrogen-bond donors (Lipinski definition) is 2. The molecular weight excluding hydrogens is 460 g/mol. The highest BCUT2D eigenvalue weighted by atomic mass is 19.4. The third-order valence-corrected chi connectivity index (χ3v) is 6.41. The van der Waals surface area contributed by atoms with Gasteiger partial charge in [0.1, 0.15) is 11.6 Å². The number of alkyl halides is 3. The first-order chi connectivity index (χ1) is 16.6. The van der Waals surface area contributed by atoms with Crippen LogP contribution in [-0.4, -0.2) is 37.6 Å². The largest absolute Gasteiger partial charge is 0.416 e. The average Bonchev–Trinajstić information content (AvgIpc) is 2.82. The van der Waals surface area contributed by atoms with Crippen molar-refractivity contribution < 1.29 is 22.4 Å². The molecule has 1 aliphatic rings. The maximum Gasteiger partial charge on any atom is 0.416 e. The van der Waals surface area contributed by atoms with Gasteiger partial charge in [-0.05, 0) is 55.9 Å². The molecule has 9 heteroatoms. The van der Waals surface area contributed by atoms with Crippen molar-refractivity contribution in [3.05, 3.63) is 65.5 Å². The number of para-hydroxylation sites is 1. The number of aromatic nitrogens is 1. The van der Waals surface area contributed by atoms with E-state index in [-0.39, 0.29) is 17.5 Å². The number of rotatable bonds is 6. The van der Waals surface area contributed by atoms with Crippen molar-refractivity contribution >= 4 is 28.3 Å². The third-order valence-electron chi connectivity index (χ3n) is 6.41. The molecule has 0 radical (unpaired) electrons. The topological polar surface area (TPSA) is 57.3 Å². The van der Waals surface area contributed by atoms with Gasteiger partial charge in [0.2, 0.25) is 0 Å². The molecule has 2 N–H and O–H groups in total. The summed E-state index contributed by atoms with van der Waals surface area (Å²) in [6.45, 7) is 0.336. The van der Waals surface area contributed by atoms with E-state index in [2.05, 4.69) is 21.6 Å². The van der Waals surface area contributed by atoms with Gasteiger partial charge in [0.05, 0.1) is 11.1 Å². The molecule has 35 heavy (non-hydrogen) atoms. The van der Waals surface area contributed by atoms with E-state index in [4.69, 9.17) is 4.98 Å². The first kappa shape index (κ1) is 24.8. The highest BCUT2D eigenvalue weighted by Gasteiger charge is 2.32. The minimum absolute atomic E-state index is 0.203. The van der Waals surface area contributed by atoms with Crippen LogP contribution in [-0.2, 0) is 6.18 Å². The predicted octanol–water partition coefficient (Wildman–Crippen LogP) is 5.86. The molecule has 1 aliphatic carbocycles. The number of carbonyl (C=O) groups is 1. The standard InChI is InChI=1S/C26H28F4N4O/c1-34(2)23-14-24(33-22-6-4-3-5-21(22)23)32-20-9-7-16(8-10-20)15-31-25(35)17-11-18(26(28,29)30)13-19(27)12-17/h3-6,11-14,16,20H,7-10,15H2,1-2H3,(H,31,35)(H,32,33)/t16-,20+. The van der Waals surface area contributed by atoms with Gasteiger partial charge >= 0.3 is 6.18 Å². The summed E-state index contributed by atoms with van der Waals surface area (Å²) < 4.78 is 52.3. The van der Waals surface area contributed by atoms with E-state index >= 15 is 0 Å². The molecule has 1 amide bonds. The van der Waals surface area contributed by atoms with Crippen LogP contribution in [0, 0.1) is 11.7 Å². The van der Waals surface area contributed by atoms with Crippen molar-refractivity contribution in [1.29, 1.82) is 0 Å². The summed E-state index contributed by atoms with van der Waals surface area (Å²) in [5.41, 5.74) is 0.505. The lowest BCUT2D eigenvalue weighted by Crippen LogP contribution is -2.34. The number of benzene rings is 2. The Morgan fingerprint density at radius 3 is 2.46 bits per heavy atom. The van der Waals surface area contributed by atoms with Crippen LogP contribution in [0.5, 0.6) is 0 Å². The molecule has 1 aromatic heterocycles. The van der Waals surface area contributed by atoms with Crippen LogP contribution in [0.1, 0.15) is 41.6 Å². The van der Waals surface area contributed by atoms with Crippen molar-refractivity contribution in [2.75, 3.05) is 30.9 Å². The van der Waals surface area contributed by atoms with E-state index in [0.717, 1.165) is 54.2 Å². The smallest absolute Gasteiger partial charge is 0.377 e. The fourth-order valence-corrected chi connectivity index (χ4v) is 4.54. The number of nitrogens with one attached hydrogen (secondary N) is 2. The molecule has 4 rings (SSSR count). The number of amides is 1. The molecule has 0 atom stereocenters. The molecule has 0 saturated heterocycles. The third kappa shape index (κ3) is 6.01. The molecule has 1 heterocycles. The van der Waals surface area contributed by atoms with Crippen LogP contribution in [0.2, 0.25) is 0 Å². The molecule has 1 fully saturated rings. The SMILES string of the molecule is CN(C)c1cc(N[C@H]2CC[C@@H](CNC(=O)c3cc(F)cc(C(F)(F)F)c3)CC2)nc2ccccc12. The highest BCUT2D eigenvalue weighted by molar-refractivity contribution is 5.94. The molecule has 3 aromatic rings. The summed E-state index contributed by atoms with van der Waals surface area (Å²) in [7, 11) is 4.00. The Kier molecular flexibility index (Phi) is 7.14. The molecule has 2 aromatic carbocycles. The fourth-order valence-electron chi connectivity index (χ4n) is 4.54. The highest BCUT2D eigenvalue weighted by Crippen LogP contribution is 2.32. The zero-order valence-corrected chi connectivity index (χ0v) is 19.6. The first-order valence-corrected chi connectivity index (χ1v) is 11.6. The summed E-state index contributed by atoms with van der Waals surface area (Å²) in [5.74, 6) is -0.770. The number of halogens is 4. The summed E-state index contributed by atoms with van der Waals surface area (Å²) in [6, 6.07) is 12.2. The minimum atomic E-state index is -4.71. The van der Waals surface area contributed by atoms with E-state index in [1.165, 1.54) is 0 Å². The molecular formula is C26H28F4N4O. The Morgan fingerprint density at radius 2 is 1.77 bits per heavy atom. The number of anilines is 2. The number of pyridine rings is 1. The zero-order valence-electron chi connectivity index (χ0n) is 19.6. The van der Waals surface area contributed by atoms with E-state index < -0.39 is 23.5 Å². The number of carbonyl (C=O) groups excluding carboxylic acids is 1. The fraction of sp³-hybridized carbons (Fsp3) is 0.385. The van der Waals surface area contributed by atoms with Gasteiger partial charge in [-0.15, -0.1) is 0 Å². The molecule has 0 unspecified atom stereocenters. The molecule has 0 aliphatic heterocycles. The Bertz CT molecular complexity index is 1200. The second kappa shape index (κ2) is 10.1. The van der Waals surface area contributed by atoms with Gasteiger partial charge in [-0.3, -0.25) is 4.79 Å². The lowest BCUT2D eigenvalue weighted by molar-refractivity contribution is -0.137. The monoisotopic (exact) mass is 488 g/mol. The van der Waals surface area contributed by atoms with Gasteiger partial charge in [0.15, 0.2) is 0 Å². The first-order valence-electron chi connectivity index (χ1n) is 11.6. The van der Waals surface area contributed by atoms with Gasteiger partial charge in [0.25, 0.3) is 5.91 Å². The van der Waals surface area contributed by atoms with Crippen molar-refractivity contribution in [2.24, 2.45) is 5.92 Å². The van der Waals surface area contributed by atoms with Gasteiger partial charge < -0.3 is 15.5 Å². The van der Waals surface area contributed by atoms with E-state index in [1.807, 2.05) is 38.4 Å². The molecule has 1 saturated carbocycles. The van der Waals surface area contributed by atoms with Gasteiger partial charge in [0, 0.05) is 49.4 Å². The number of hydrogen-bond acceptors (Lipinski definition) is 4. The van der Waals surface area contributed by atoms with Crippen LogP contribution >= 0.6 is 0 Å². The van der Waals surface area contributed by atoms with Crippen molar-refractivity contribution in [2.45, 2.75) is 37.9 Å². The summed E-state index contributed by atoms with van der Waals surface area (Å²) >= 11 is 0. The quantitative estimate of drug-likeness (QED) is 0.427. The molecule has 0 bridgehead atoms. The van der Waals surface area contributed by atoms with Gasteiger partial charge in [-0.2, -0.15) is 13.2 Å². The summed E-state index contributed by atoms with van der Waals surface area (Å²) in [6.07, 6.45) is -1.25. The second-order valence-electron chi connectivity index (χ2n) is 9.24. The van der Waals surface area contributed by atoms with E-state index in [1.54, 1.807) is 0 Å².